The predicted octanol–water partition coefficient (Wildman–Crippen LogP) is 2.90. The highest BCUT2D eigenvalue weighted by Crippen LogP contribution is 2.27. The molecule has 0 bridgehead atoms. The van der Waals surface area contributed by atoms with E-state index in [0.29, 0.717) is 5.56 Å². The van der Waals surface area contributed by atoms with Crippen molar-refractivity contribution in [3.8, 4) is 0 Å². The summed E-state index contributed by atoms with van der Waals surface area (Å²) < 4.78 is 4.83. The monoisotopic (exact) mass is 271 g/mol. The molecule has 0 saturated carbocycles. The molecule has 0 N–H and O–H groups in total. The summed E-state index contributed by atoms with van der Waals surface area (Å²) in [5, 5.41) is 10.7. The van der Waals surface area contributed by atoms with Gasteiger partial charge in [-0.05, 0) is 11.1 Å². The highest BCUT2D eigenvalue weighted by Gasteiger charge is 2.23. The Hall–Kier alpha value is -2.69. The van der Waals surface area contributed by atoms with Crippen molar-refractivity contribution < 1.29 is 14.5 Å². The number of nitro groups is 1. The van der Waals surface area contributed by atoms with Crippen LogP contribution in [0.1, 0.15) is 17.0 Å². The van der Waals surface area contributed by atoms with Gasteiger partial charge in [-0.3, -0.25) is 14.9 Å². The molecule has 20 heavy (non-hydrogen) atoms. The molecule has 0 radical (unpaired) electrons. The fraction of sp³-hybridized carbons (Fsp3) is 0.133. The lowest BCUT2D eigenvalue weighted by Crippen LogP contribution is -2.15. The number of benzene rings is 2. The summed E-state index contributed by atoms with van der Waals surface area (Å²) in [7, 11) is 1.32. The van der Waals surface area contributed by atoms with Crippen LogP contribution < -0.4 is 0 Å². The van der Waals surface area contributed by atoms with Crippen LogP contribution in [0, 0.1) is 10.1 Å². The van der Waals surface area contributed by atoms with E-state index in [9.17, 15) is 14.9 Å². The van der Waals surface area contributed by atoms with Gasteiger partial charge in [0.25, 0.3) is 5.69 Å². The van der Waals surface area contributed by atoms with E-state index in [-0.39, 0.29) is 5.69 Å². The van der Waals surface area contributed by atoms with E-state index >= 15 is 0 Å². The quantitative estimate of drug-likeness (QED) is 0.487. The highest BCUT2D eigenvalue weighted by atomic mass is 16.6. The Bertz CT molecular complexity index is 608. The highest BCUT2D eigenvalue weighted by molar-refractivity contribution is 5.82. The SMILES string of the molecule is COC(=O)C(c1ccccc1)c1ccc([N+](=O)[O-])cc1. The molecule has 0 amide bonds. The largest absolute Gasteiger partial charge is 0.468 e. The zero-order valence-electron chi connectivity index (χ0n) is 10.9. The summed E-state index contributed by atoms with van der Waals surface area (Å²) in [5.74, 6) is -0.980. The van der Waals surface area contributed by atoms with Gasteiger partial charge in [-0.25, -0.2) is 0 Å². The minimum atomic E-state index is -0.581. The second-order valence-electron chi connectivity index (χ2n) is 4.22. The number of non-ortho nitro benzene ring substituents is 1. The van der Waals surface area contributed by atoms with Crippen LogP contribution in [0.15, 0.2) is 54.6 Å². The molecular formula is C15H13NO4. The topological polar surface area (TPSA) is 69.4 Å². The number of nitro benzene ring substituents is 1. The first kappa shape index (κ1) is 13.7. The molecule has 0 aromatic heterocycles. The van der Waals surface area contributed by atoms with Crippen molar-refractivity contribution in [2.24, 2.45) is 0 Å². The number of carbonyl (C=O) groups excluding carboxylic acids is 1. The molecule has 0 spiro atoms. The average Bonchev–Trinajstić information content (AvgIpc) is 2.49. The van der Waals surface area contributed by atoms with Crippen LogP contribution >= 0.6 is 0 Å². The smallest absolute Gasteiger partial charge is 0.317 e. The van der Waals surface area contributed by atoms with Crippen molar-refractivity contribution >= 4 is 11.7 Å². The maximum atomic E-state index is 12.0. The predicted molar refractivity (Wildman–Crippen MR) is 73.4 cm³/mol. The Balaban J connectivity index is 2.42. The van der Waals surface area contributed by atoms with Crippen molar-refractivity contribution in [2.75, 3.05) is 7.11 Å². The standard InChI is InChI=1S/C15H13NO4/c1-20-15(17)14(11-5-3-2-4-6-11)12-7-9-13(10-8-12)16(18)19/h2-10,14H,1H3. The van der Waals surface area contributed by atoms with E-state index in [1.54, 1.807) is 12.1 Å². The lowest BCUT2D eigenvalue weighted by Gasteiger charge is -2.15. The van der Waals surface area contributed by atoms with Gasteiger partial charge in [0.2, 0.25) is 0 Å². The molecule has 5 nitrogen and oxygen atoms in total. The van der Waals surface area contributed by atoms with E-state index in [1.165, 1.54) is 19.2 Å². The Morgan fingerprint density at radius 3 is 2.10 bits per heavy atom. The zero-order valence-corrected chi connectivity index (χ0v) is 10.9. The first-order chi connectivity index (χ1) is 9.63. The van der Waals surface area contributed by atoms with E-state index < -0.39 is 16.8 Å². The third-order valence-corrected chi connectivity index (χ3v) is 3.01. The van der Waals surface area contributed by atoms with Gasteiger partial charge in [-0.2, -0.15) is 0 Å². The molecule has 1 unspecified atom stereocenters. The Labute approximate surface area is 116 Å². The number of hydrogen-bond acceptors (Lipinski definition) is 4. The normalized spacial score (nSPS) is 11.7. The molecule has 2 aromatic rings. The summed E-state index contributed by atoms with van der Waals surface area (Å²) in [4.78, 5) is 22.2. The van der Waals surface area contributed by atoms with E-state index in [0.717, 1.165) is 5.56 Å². The van der Waals surface area contributed by atoms with Gasteiger partial charge in [0.15, 0.2) is 0 Å². The number of ether oxygens (including phenoxy) is 1. The molecule has 0 fully saturated rings. The van der Waals surface area contributed by atoms with Gasteiger partial charge in [-0.1, -0.05) is 42.5 Å². The maximum Gasteiger partial charge on any atom is 0.317 e. The van der Waals surface area contributed by atoms with Crippen molar-refractivity contribution in [1.29, 1.82) is 0 Å². The number of nitrogens with zero attached hydrogens (tertiary/aromatic N) is 1. The van der Waals surface area contributed by atoms with Gasteiger partial charge < -0.3 is 4.74 Å². The number of methoxy groups -OCH3 is 1. The summed E-state index contributed by atoms with van der Waals surface area (Å²) in [6, 6.07) is 15.1. The maximum absolute atomic E-state index is 12.0. The summed E-state index contributed by atoms with van der Waals surface area (Å²) in [6.45, 7) is 0. The molecule has 5 heteroatoms. The number of hydrogen-bond donors (Lipinski definition) is 0. The van der Waals surface area contributed by atoms with Crippen LogP contribution in [0.5, 0.6) is 0 Å². The van der Waals surface area contributed by atoms with E-state index in [4.69, 9.17) is 4.74 Å². The van der Waals surface area contributed by atoms with Crippen LogP contribution in [-0.2, 0) is 9.53 Å². The third-order valence-electron chi connectivity index (χ3n) is 3.01. The van der Waals surface area contributed by atoms with Gasteiger partial charge in [0.1, 0.15) is 5.92 Å². The van der Waals surface area contributed by atoms with Crippen LogP contribution in [0.2, 0.25) is 0 Å². The average molecular weight is 271 g/mol. The van der Waals surface area contributed by atoms with E-state index in [1.807, 2.05) is 30.3 Å². The lowest BCUT2D eigenvalue weighted by molar-refractivity contribution is -0.384. The van der Waals surface area contributed by atoms with Crippen LogP contribution in [0.25, 0.3) is 0 Å². The van der Waals surface area contributed by atoms with Gasteiger partial charge in [0, 0.05) is 12.1 Å². The van der Waals surface area contributed by atoms with Gasteiger partial charge >= 0.3 is 5.97 Å². The second-order valence-corrected chi connectivity index (χ2v) is 4.22. The number of esters is 1. The Kier molecular flexibility index (Phi) is 4.10. The second kappa shape index (κ2) is 5.97. The molecule has 2 rings (SSSR count). The molecule has 1 atom stereocenters. The van der Waals surface area contributed by atoms with Crippen molar-refractivity contribution in [3.05, 3.63) is 75.8 Å². The van der Waals surface area contributed by atoms with E-state index in [2.05, 4.69) is 0 Å². The Morgan fingerprint density at radius 1 is 1.05 bits per heavy atom. The van der Waals surface area contributed by atoms with Crippen molar-refractivity contribution in [1.82, 2.24) is 0 Å². The molecule has 0 aliphatic rings. The van der Waals surface area contributed by atoms with Crippen molar-refractivity contribution in [3.63, 3.8) is 0 Å². The molecule has 0 heterocycles. The molecular weight excluding hydrogens is 258 g/mol. The molecule has 0 aliphatic heterocycles. The fourth-order valence-electron chi connectivity index (χ4n) is 2.02. The lowest BCUT2D eigenvalue weighted by atomic mass is 9.91. The molecule has 0 aliphatic carbocycles. The first-order valence-electron chi connectivity index (χ1n) is 6.00. The zero-order chi connectivity index (χ0) is 14.5. The third kappa shape index (κ3) is 2.83. The summed E-state index contributed by atoms with van der Waals surface area (Å²) >= 11 is 0. The van der Waals surface area contributed by atoms with Crippen molar-refractivity contribution in [2.45, 2.75) is 5.92 Å². The van der Waals surface area contributed by atoms with Crippen LogP contribution in [-0.4, -0.2) is 18.0 Å². The minimum Gasteiger partial charge on any atom is -0.468 e. The van der Waals surface area contributed by atoms with Gasteiger partial charge in [0.05, 0.1) is 12.0 Å². The summed E-state index contributed by atoms with van der Waals surface area (Å²) in [6.07, 6.45) is 0. The Morgan fingerprint density at radius 2 is 1.60 bits per heavy atom. The first-order valence-corrected chi connectivity index (χ1v) is 6.00. The van der Waals surface area contributed by atoms with Gasteiger partial charge in [-0.15, -0.1) is 0 Å². The summed E-state index contributed by atoms with van der Waals surface area (Å²) in [5.41, 5.74) is 1.44. The van der Waals surface area contributed by atoms with Crippen LogP contribution in [0.3, 0.4) is 0 Å². The fourth-order valence-corrected chi connectivity index (χ4v) is 2.02. The van der Waals surface area contributed by atoms with Crippen LogP contribution in [0.4, 0.5) is 5.69 Å². The molecule has 2 aromatic carbocycles. The molecule has 102 valence electrons. The minimum absolute atomic E-state index is 0.00886. The number of rotatable bonds is 4. The number of carbonyl (C=O) groups is 1. The molecule has 0 saturated heterocycles.